The van der Waals surface area contributed by atoms with E-state index in [1.165, 1.54) is 6.26 Å². The SMILES string of the molecule is CN(Cc1cccc(C#N)c1)C(=O)c1ccoc1Br. The van der Waals surface area contributed by atoms with Crippen LogP contribution in [0.4, 0.5) is 0 Å². The normalized spacial score (nSPS) is 9.95. The Morgan fingerprint density at radius 3 is 2.89 bits per heavy atom. The molecule has 0 aliphatic carbocycles. The zero-order valence-electron chi connectivity index (χ0n) is 10.3. The Kier molecular flexibility index (Phi) is 4.03. The molecule has 1 aromatic carbocycles. The van der Waals surface area contributed by atoms with E-state index < -0.39 is 0 Å². The first-order chi connectivity index (χ1) is 9.11. The van der Waals surface area contributed by atoms with E-state index in [4.69, 9.17) is 9.68 Å². The van der Waals surface area contributed by atoms with Crippen molar-refractivity contribution in [2.45, 2.75) is 6.54 Å². The number of hydrogen-bond donors (Lipinski definition) is 0. The summed E-state index contributed by atoms with van der Waals surface area (Å²) in [5.74, 6) is -0.136. The van der Waals surface area contributed by atoms with Crippen molar-refractivity contribution in [2.75, 3.05) is 7.05 Å². The summed E-state index contributed by atoms with van der Waals surface area (Å²) in [7, 11) is 1.71. The van der Waals surface area contributed by atoms with E-state index in [1.54, 1.807) is 36.2 Å². The second-order valence-corrected chi connectivity index (χ2v) is 4.80. The lowest BCUT2D eigenvalue weighted by atomic mass is 10.1. The first-order valence-corrected chi connectivity index (χ1v) is 6.38. The molecule has 0 bridgehead atoms. The van der Waals surface area contributed by atoms with Gasteiger partial charge in [0.15, 0.2) is 4.67 Å². The van der Waals surface area contributed by atoms with Crippen molar-refractivity contribution < 1.29 is 9.21 Å². The highest BCUT2D eigenvalue weighted by Crippen LogP contribution is 2.19. The lowest BCUT2D eigenvalue weighted by Gasteiger charge is -2.16. The molecule has 2 rings (SSSR count). The van der Waals surface area contributed by atoms with Gasteiger partial charge in [-0.3, -0.25) is 4.79 Å². The quantitative estimate of drug-likeness (QED) is 0.873. The second kappa shape index (κ2) is 5.72. The number of rotatable bonds is 3. The molecule has 1 aromatic heterocycles. The predicted molar refractivity (Wildman–Crippen MR) is 73.4 cm³/mol. The standard InChI is InChI=1S/C14H11BrN2O2/c1-17(14(18)12-5-6-19-13(12)15)9-11-4-2-3-10(7-11)8-16/h2-7H,9H2,1H3. The number of hydrogen-bond acceptors (Lipinski definition) is 3. The fraction of sp³-hybridized carbons (Fsp3) is 0.143. The highest BCUT2D eigenvalue weighted by molar-refractivity contribution is 9.10. The van der Waals surface area contributed by atoms with Crippen molar-refractivity contribution in [1.82, 2.24) is 4.90 Å². The monoisotopic (exact) mass is 318 g/mol. The maximum atomic E-state index is 12.2. The van der Waals surface area contributed by atoms with Crippen LogP contribution in [0.25, 0.3) is 0 Å². The molecule has 0 saturated carbocycles. The summed E-state index contributed by atoms with van der Waals surface area (Å²) in [6.07, 6.45) is 1.46. The average Bonchev–Trinajstić information content (AvgIpc) is 2.84. The minimum Gasteiger partial charge on any atom is -0.457 e. The molecule has 0 atom stereocenters. The van der Waals surface area contributed by atoms with Crippen molar-refractivity contribution >= 4 is 21.8 Å². The van der Waals surface area contributed by atoms with Crippen molar-refractivity contribution in [2.24, 2.45) is 0 Å². The second-order valence-electron chi connectivity index (χ2n) is 4.08. The third-order valence-electron chi connectivity index (χ3n) is 2.67. The van der Waals surface area contributed by atoms with Crippen LogP contribution in [0.15, 0.2) is 45.7 Å². The summed E-state index contributed by atoms with van der Waals surface area (Å²) >= 11 is 3.19. The van der Waals surface area contributed by atoms with Gasteiger partial charge in [-0.25, -0.2) is 0 Å². The Bertz CT molecular complexity index is 643. The van der Waals surface area contributed by atoms with Crippen molar-refractivity contribution in [3.8, 4) is 6.07 Å². The summed E-state index contributed by atoms with van der Waals surface area (Å²) in [6, 6.07) is 10.9. The number of halogens is 1. The van der Waals surface area contributed by atoms with Gasteiger partial charge in [-0.2, -0.15) is 5.26 Å². The maximum absolute atomic E-state index is 12.2. The fourth-order valence-corrected chi connectivity index (χ4v) is 2.15. The van der Waals surface area contributed by atoms with Crippen LogP contribution in [-0.4, -0.2) is 17.9 Å². The first kappa shape index (κ1) is 13.4. The Labute approximate surface area is 119 Å². The van der Waals surface area contributed by atoms with E-state index in [0.29, 0.717) is 22.3 Å². The van der Waals surface area contributed by atoms with Crippen molar-refractivity contribution in [1.29, 1.82) is 5.26 Å². The molecule has 0 radical (unpaired) electrons. The largest absolute Gasteiger partial charge is 0.457 e. The van der Waals surface area contributed by atoms with E-state index in [-0.39, 0.29) is 5.91 Å². The summed E-state index contributed by atoms with van der Waals surface area (Å²) < 4.78 is 5.47. The van der Waals surface area contributed by atoms with Gasteiger partial charge in [-0.1, -0.05) is 12.1 Å². The van der Waals surface area contributed by atoms with Gasteiger partial charge < -0.3 is 9.32 Å². The number of carbonyl (C=O) groups is 1. The molecule has 96 valence electrons. The van der Waals surface area contributed by atoms with Gasteiger partial charge in [0.25, 0.3) is 5.91 Å². The van der Waals surface area contributed by atoms with E-state index in [2.05, 4.69) is 22.0 Å². The molecule has 19 heavy (non-hydrogen) atoms. The Morgan fingerprint density at radius 2 is 2.26 bits per heavy atom. The molecular weight excluding hydrogens is 308 g/mol. The zero-order chi connectivity index (χ0) is 13.8. The Hall–Kier alpha value is -2.06. The number of furan rings is 1. The highest BCUT2D eigenvalue weighted by Gasteiger charge is 2.17. The molecule has 2 aromatic rings. The molecule has 0 spiro atoms. The molecule has 0 aliphatic heterocycles. The van der Waals surface area contributed by atoms with Gasteiger partial charge in [-0.15, -0.1) is 0 Å². The minimum atomic E-state index is -0.136. The van der Waals surface area contributed by atoms with Crippen LogP contribution < -0.4 is 0 Å². The van der Waals surface area contributed by atoms with Crippen LogP contribution in [0.2, 0.25) is 0 Å². The molecule has 0 N–H and O–H groups in total. The first-order valence-electron chi connectivity index (χ1n) is 5.59. The number of nitriles is 1. The topological polar surface area (TPSA) is 57.2 Å². The van der Waals surface area contributed by atoms with Crippen LogP contribution in [0.1, 0.15) is 21.5 Å². The number of nitrogens with zero attached hydrogens (tertiary/aromatic N) is 2. The predicted octanol–water partition coefficient (Wildman–Crippen LogP) is 3.19. The molecule has 4 nitrogen and oxygen atoms in total. The van der Waals surface area contributed by atoms with Crippen LogP contribution >= 0.6 is 15.9 Å². The van der Waals surface area contributed by atoms with E-state index in [1.807, 2.05) is 6.07 Å². The molecule has 1 amide bonds. The van der Waals surface area contributed by atoms with E-state index in [9.17, 15) is 4.79 Å². The molecule has 0 saturated heterocycles. The third kappa shape index (κ3) is 3.04. The summed E-state index contributed by atoms with van der Waals surface area (Å²) in [5.41, 5.74) is 1.98. The highest BCUT2D eigenvalue weighted by atomic mass is 79.9. The van der Waals surface area contributed by atoms with Crippen LogP contribution in [0.3, 0.4) is 0 Å². The van der Waals surface area contributed by atoms with Gasteiger partial charge >= 0.3 is 0 Å². The maximum Gasteiger partial charge on any atom is 0.258 e. The van der Waals surface area contributed by atoms with E-state index in [0.717, 1.165) is 5.56 Å². The van der Waals surface area contributed by atoms with Gasteiger partial charge in [0.1, 0.15) is 0 Å². The smallest absolute Gasteiger partial charge is 0.258 e. The van der Waals surface area contributed by atoms with Gasteiger partial charge in [0, 0.05) is 13.6 Å². The van der Waals surface area contributed by atoms with Crippen LogP contribution in [0, 0.1) is 11.3 Å². The molecule has 0 aliphatic rings. The van der Waals surface area contributed by atoms with Crippen LogP contribution in [-0.2, 0) is 6.54 Å². The number of carbonyl (C=O) groups excluding carboxylic acids is 1. The molecule has 0 fully saturated rings. The van der Waals surface area contributed by atoms with Crippen molar-refractivity contribution in [3.63, 3.8) is 0 Å². The molecule has 0 unspecified atom stereocenters. The molecular formula is C14H11BrN2O2. The van der Waals surface area contributed by atoms with Crippen molar-refractivity contribution in [3.05, 3.63) is 58.0 Å². The van der Waals surface area contributed by atoms with Crippen LogP contribution in [0.5, 0.6) is 0 Å². The summed E-state index contributed by atoms with van der Waals surface area (Å²) in [6.45, 7) is 0.436. The average molecular weight is 319 g/mol. The fourth-order valence-electron chi connectivity index (χ4n) is 1.74. The lowest BCUT2D eigenvalue weighted by Crippen LogP contribution is -2.26. The third-order valence-corrected chi connectivity index (χ3v) is 3.28. The lowest BCUT2D eigenvalue weighted by molar-refractivity contribution is 0.0783. The Morgan fingerprint density at radius 1 is 1.47 bits per heavy atom. The molecule has 1 heterocycles. The van der Waals surface area contributed by atoms with Gasteiger partial charge in [-0.05, 0) is 39.7 Å². The zero-order valence-corrected chi connectivity index (χ0v) is 11.8. The number of amides is 1. The molecule has 5 heteroatoms. The van der Waals surface area contributed by atoms with E-state index >= 15 is 0 Å². The minimum absolute atomic E-state index is 0.136. The van der Waals surface area contributed by atoms with Gasteiger partial charge in [0.2, 0.25) is 0 Å². The number of benzene rings is 1. The summed E-state index contributed by atoms with van der Waals surface area (Å²) in [4.78, 5) is 13.7. The Balaban J connectivity index is 2.13. The van der Waals surface area contributed by atoms with Gasteiger partial charge in [0.05, 0.1) is 23.5 Å². The summed E-state index contributed by atoms with van der Waals surface area (Å²) in [5, 5.41) is 8.84.